The van der Waals surface area contributed by atoms with Crippen molar-refractivity contribution >= 4 is 18.0 Å². The molecule has 1 heterocycles. The van der Waals surface area contributed by atoms with E-state index in [1.54, 1.807) is 31.2 Å². The number of rotatable bonds is 5. The van der Waals surface area contributed by atoms with E-state index in [9.17, 15) is 9.59 Å². The maximum absolute atomic E-state index is 11.7. The van der Waals surface area contributed by atoms with Crippen LogP contribution in [0.1, 0.15) is 25.3 Å². The number of amides is 1. The molecule has 116 valence electrons. The Morgan fingerprint density at radius 3 is 2.86 bits per heavy atom. The molecule has 3 rings (SSSR count). The minimum atomic E-state index is -0.797. The summed E-state index contributed by atoms with van der Waals surface area (Å²) in [5.41, 5.74) is 0.788. The number of hydrogen-bond acceptors (Lipinski definition) is 5. The zero-order valence-electron chi connectivity index (χ0n) is 12.2. The third-order valence-electron chi connectivity index (χ3n) is 3.39. The Kier molecular flexibility index (Phi) is 4.00. The number of carbonyl (C=O) groups excluding carboxylic acids is 2. The summed E-state index contributed by atoms with van der Waals surface area (Å²) in [6.45, 7) is 1.77. The Bertz CT molecular complexity index is 621. The molecular weight excluding hydrogens is 286 g/mol. The van der Waals surface area contributed by atoms with Gasteiger partial charge < -0.3 is 19.5 Å². The van der Waals surface area contributed by atoms with Gasteiger partial charge in [-0.25, -0.2) is 4.79 Å². The Labute approximate surface area is 128 Å². The van der Waals surface area contributed by atoms with Crippen molar-refractivity contribution in [3.05, 3.63) is 29.8 Å². The average molecular weight is 303 g/mol. The fourth-order valence-corrected chi connectivity index (χ4v) is 1.99. The van der Waals surface area contributed by atoms with Crippen molar-refractivity contribution in [2.24, 2.45) is 0 Å². The Morgan fingerprint density at radius 1 is 1.32 bits per heavy atom. The highest BCUT2D eigenvalue weighted by Gasteiger charge is 2.26. The smallest absolute Gasteiger partial charge is 0.331 e. The monoisotopic (exact) mass is 303 g/mol. The van der Waals surface area contributed by atoms with Crippen LogP contribution in [0.5, 0.6) is 11.5 Å². The topological polar surface area (TPSA) is 73.9 Å². The highest BCUT2D eigenvalue weighted by atomic mass is 16.7. The molecule has 0 bridgehead atoms. The summed E-state index contributed by atoms with van der Waals surface area (Å²) in [5.74, 6) is 0.515. The molecule has 0 spiro atoms. The van der Waals surface area contributed by atoms with Gasteiger partial charge in [-0.15, -0.1) is 0 Å². The maximum atomic E-state index is 11.7. The van der Waals surface area contributed by atoms with E-state index < -0.39 is 12.1 Å². The van der Waals surface area contributed by atoms with Crippen molar-refractivity contribution in [3.63, 3.8) is 0 Å². The fourth-order valence-electron chi connectivity index (χ4n) is 1.99. The molecule has 1 unspecified atom stereocenters. The summed E-state index contributed by atoms with van der Waals surface area (Å²) in [6, 6.07) is 5.60. The van der Waals surface area contributed by atoms with Crippen LogP contribution in [0.3, 0.4) is 0 Å². The Balaban J connectivity index is 1.53. The predicted octanol–water partition coefficient (Wildman–Crippen LogP) is 1.64. The van der Waals surface area contributed by atoms with Crippen molar-refractivity contribution in [1.29, 1.82) is 0 Å². The zero-order chi connectivity index (χ0) is 15.5. The van der Waals surface area contributed by atoms with Crippen molar-refractivity contribution in [1.82, 2.24) is 5.32 Å². The molecule has 2 aliphatic rings. The molecule has 1 atom stereocenters. The highest BCUT2D eigenvalue weighted by molar-refractivity contribution is 5.90. The molecule has 1 saturated carbocycles. The van der Waals surface area contributed by atoms with E-state index in [1.165, 1.54) is 6.08 Å². The fraction of sp³-hybridized carbons (Fsp3) is 0.375. The number of benzene rings is 1. The summed E-state index contributed by atoms with van der Waals surface area (Å²) >= 11 is 0. The lowest BCUT2D eigenvalue weighted by Gasteiger charge is -2.11. The Morgan fingerprint density at radius 2 is 2.09 bits per heavy atom. The number of nitrogens with one attached hydrogen (secondary N) is 1. The van der Waals surface area contributed by atoms with Gasteiger partial charge in [-0.05, 0) is 43.5 Å². The summed E-state index contributed by atoms with van der Waals surface area (Å²) in [5, 5.41) is 2.79. The summed E-state index contributed by atoms with van der Waals surface area (Å²) in [6.07, 6.45) is 4.09. The van der Waals surface area contributed by atoms with E-state index >= 15 is 0 Å². The second-order valence-corrected chi connectivity index (χ2v) is 5.31. The molecule has 6 heteroatoms. The van der Waals surface area contributed by atoms with Gasteiger partial charge in [-0.1, -0.05) is 6.07 Å². The number of hydrogen-bond donors (Lipinski definition) is 1. The molecular formula is C16H17NO5. The lowest BCUT2D eigenvalue weighted by molar-refractivity contribution is -0.150. The predicted molar refractivity (Wildman–Crippen MR) is 78.3 cm³/mol. The van der Waals surface area contributed by atoms with Gasteiger partial charge in [0.15, 0.2) is 17.6 Å². The summed E-state index contributed by atoms with van der Waals surface area (Å²) in [7, 11) is 0. The SMILES string of the molecule is CC(OC(=O)/C=C/c1ccc2c(c1)OCO2)C(=O)NC1CC1. The van der Waals surface area contributed by atoms with Crippen molar-refractivity contribution < 1.29 is 23.8 Å². The molecule has 6 nitrogen and oxygen atoms in total. The number of ether oxygens (including phenoxy) is 3. The molecule has 1 aliphatic carbocycles. The first-order valence-electron chi connectivity index (χ1n) is 7.20. The van der Waals surface area contributed by atoms with Crippen LogP contribution < -0.4 is 14.8 Å². The van der Waals surface area contributed by atoms with Gasteiger partial charge in [0.2, 0.25) is 6.79 Å². The minimum Gasteiger partial charge on any atom is -0.454 e. The van der Waals surface area contributed by atoms with E-state index in [4.69, 9.17) is 14.2 Å². The van der Waals surface area contributed by atoms with E-state index in [-0.39, 0.29) is 18.7 Å². The van der Waals surface area contributed by atoms with Crippen molar-refractivity contribution in [3.8, 4) is 11.5 Å². The summed E-state index contributed by atoms with van der Waals surface area (Å²) < 4.78 is 15.5. The van der Waals surface area contributed by atoms with E-state index in [0.717, 1.165) is 18.4 Å². The van der Waals surface area contributed by atoms with Crippen LogP contribution in [0, 0.1) is 0 Å². The molecule has 0 saturated heterocycles. The van der Waals surface area contributed by atoms with Crippen LogP contribution in [-0.4, -0.2) is 30.8 Å². The normalized spacial score (nSPS) is 17.3. The molecule has 1 aromatic rings. The van der Waals surface area contributed by atoms with E-state index in [1.807, 2.05) is 0 Å². The average Bonchev–Trinajstić information content (AvgIpc) is 3.19. The molecule has 1 aliphatic heterocycles. The van der Waals surface area contributed by atoms with Crippen molar-refractivity contribution in [2.45, 2.75) is 31.9 Å². The second-order valence-electron chi connectivity index (χ2n) is 5.31. The van der Waals surface area contributed by atoms with Gasteiger partial charge in [0.05, 0.1) is 0 Å². The van der Waals surface area contributed by atoms with Gasteiger partial charge in [0, 0.05) is 12.1 Å². The van der Waals surface area contributed by atoms with Gasteiger partial charge in [-0.2, -0.15) is 0 Å². The van der Waals surface area contributed by atoms with Crippen LogP contribution in [0.2, 0.25) is 0 Å². The van der Waals surface area contributed by atoms with Crippen molar-refractivity contribution in [2.75, 3.05) is 6.79 Å². The van der Waals surface area contributed by atoms with E-state index in [2.05, 4.69) is 5.32 Å². The van der Waals surface area contributed by atoms with Gasteiger partial charge in [0.25, 0.3) is 5.91 Å². The first kappa shape index (κ1) is 14.4. The minimum absolute atomic E-state index is 0.207. The maximum Gasteiger partial charge on any atom is 0.331 e. The van der Waals surface area contributed by atoms with Crippen LogP contribution >= 0.6 is 0 Å². The van der Waals surface area contributed by atoms with E-state index in [0.29, 0.717) is 11.5 Å². The van der Waals surface area contributed by atoms with Gasteiger partial charge >= 0.3 is 5.97 Å². The standard InChI is InChI=1S/C16H17NO5/c1-10(16(19)17-12-4-5-12)22-15(18)7-3-11-2-6-13-14(8-11)21-9-20-13/h2-3,6-8,10,12H,4-5,9H2,1H3,(H,17,19)/b7-3+. The number of carbonyl (C=O) groups is 2. The largest absolute Gasteiger partial charge is 0.454 e. The quantitative estimate of drug-likeness (QED) is 0.661. The number of esters is 1. The van der Waals surface area contributed by atoms with Gasteiger partial charge in [-0.3, -0.25) is 4.79 Å². The summed E-state index contributed by atoms with van der Waals surface area (Å²) in [4.78, 5) is 23.4. The number of fused-ring (bicyclic) bond motifs is 1. The molecule has 0 aromatic heterocycles. The Hall–Kier alpha value is -2.50. The highest BCUT2D eigenvalue weighted by Crippen LogP contribution is 2.32. The molecule has 1 N–H and O–H groups in total. The molecule has 1 fully saturated rings. The van der Waals surface area contributed by atoms with Crippen LogP contribution in [0.4, 0.5) is 0 Å². The molecule has 1 amide bonds. The lowest BCUT2D eigenvalue weighted by atomic mass is 10.2. The third kappa shape index (κ3) is 3.58. The first-order valence-corrected chi connectivity index (χ1v) is 7.20. The van der Waals surface area contributed by atoms with Crippen LogP contribution in [0.15, 0.2) is 24.3 Å². The zero-order valence-corrected chi connectivity index (χ0v) is 12.2. The lowest BCUT2D eigenvalue weighted by Crippen LogP contribution is -2.36. The first-order chi connectivity index (χ1) is 10.6. The van der Waals surface area contributed by atoms with Gasteiger partial charge in [0.1, 0.15) is 0 Å². The molecule has 1 aromatic carbocycles. The molecule has 0 radical (unpaired) electrons. The third-order valence-corrected chi connectivity index (χ3v) is 3.39. The molecule has 22 heavy (non-hydrogen) atoms. The van der Waals surface area contributed by atoms with Crippen LogP contribution in [-0.2, 0) is 14.3 Å². The second kappa shape index (κ2) is 6.09. The van der Waals surface area contributed by atoms with Crippen LogP contribution in [0.25, 0.3) is 6.08 Å².